The maximum absolute atomic E-state index is 11.5. The Morgan fingerprint density at radius 1 is 1.44 bits per heavy atom. The Kier molecular flexibility index (Phi) is 4.57. The smallest absolute Gasteiger partial charge is 0.251 e. The fraction of sp³-hybridized carbons (Fsp3) is 0.455. The van der Waals surface area contributed by atoms with Crippen molar-refractivity contribution in [3.05, 3.63) is 28.0 Å². The molecule has 0 radical (unpaired) electrons. The summed E-state index contributed by atoms with van der Waals surface area (Å²) in [6.07, 6.45) is 3.06. The number of amides is 1. The van der Waals surface area contributed by atoms with Crippen molar-refractivity contribution in [2.24, 2.45) is 0 Å². The van der Waals surface area contributed by atoms with Crippen LogP contribution in [-0.2, 0) is 0 Å². The number of carbonyl (C=O) groups is 1. The summed E-state index contributed by atoms with van der Waals surface area (Å²) >= 11 is 0. The number of hydrogen-bond donors (Lipinski definition) is 3. The summed E-state index contributed by atoms with van der Waals surface area (Å²) in [5, 5.41) is 11.8. The van der Waals surface area contributed by atoms with Crippen LogP contribution in [-0.4, -0.2) is 22.5 Å². The van der Waals surface area contributed by atoms with Gasteiger partial charge in [-0.25, -0.2) is 0 Å². The minimum absolute atomic E-state index is 0.178. The molecule has 1 aromatic rings. The standard InChI is InChI=1S/C11H16N2O3/c1-2-3-4-5-12-11(16)8-6-9(14)13-10(15)7-8/h6-7H,2-5H2,1H3,(H,12,16)(H2,13,14,15). The third-order valence-corrected chi connectivity index (χ3v) is 2.16. The van der Waals surface area contributed by atoms with Crippen LogP contribution in [0.2, 0.25) is 0 Å². The van der Waals surface area contributed by atoms with Crippen LogP contribution in [0, 0.1) is 0 Å². The Bertz CT molecular complexity index is 412. The molecule has 5 heteroatoms. The maximum Gasteiger partial charge on any atom is 0.251 e. The second-order valence-corrected chi connectivity index (χ2v) is 3.58. The van der Waals surface area contributed by atoms with Gasteiger partial charge in [-0.2, -0.15) is 0 Å². The van der Waals surface area contributed by atoms with Gasteiger partial charge in [0.2, 0.25) is 0 Å². The second-order valence-electron chi connectivity index (χ2n) is 3.58. The third kappa shape index (κ3) is 3.76. The van der Waals surface area contributed by atoms with Crippen LogP contribution >= 0.6 is 0 Å². The van der Waals surface area contributed by atoms with Gasteiger partial charge in [0, 0.05) is 18.7 Å². The number of pyridine rings is 1. The minimum atomic E-state index is -0.487. The second kappa shape index (κ2) is 5.95. The lowest BCUT2D eigenvalue weighted by molar-refractivity contribution is 0.0952. The highest BCUT2D eigenvalue weighted by Crippen LogP contribution is 2.03. The van der Waals surface area contributed by atoms with Gasteiger partial charge in [-0.05, 0) is 6.42 Å². The molecule has 0 aliphatic heterocycles. The van der Waals surface area contributed by atoms with E-state index < -0.39 is 5.56 Å². The van der Waals surface area contributed by atoms with Gasteiger partial charge in [0.15, 0.2) is 5.88 Å². The molecular weight excluding hydrogens is 208 g/mol. The molecule has 0 atom stereocenters. The zero-order valence-corrected chi connectivity index (χ0v) is 9.25. The summed E-state index contributed by atoms with van der Waals surface area (Å²) in [4.78, 5) is 24.7. The average Bonchev–Trinajstić information content (AvgIpc) is 2.22. The van der Waals surface area contributed by atoms with Gasteiger partial charge in [0.25, 0.3) is 11.5 Å². The largest absolute Gasteiger partial charge is 0.494 e. The molecule has 0 spiro atoms. The van der Waals surface area contributed by atoms with Crippen molar-refractivity contribution in [1.29, 1.82) is 0 Å². The molecule has 0 aromatic carbocycles. The highest BCUT2D eigenvalue weighted by Gasteiger charge is 2.06. The fourth-order valence-corrected chi connectivity index (χ4v) is 1.34. The van der Waals surface area contributed by atoms with Crippen molar-refractivity contribution in [3.8, 4) is 5.88 Å². The number of nitrogens with one attached hydrogen (secondary N) is 2. The summed E-state index contributed by atoms with van der Waals surface area (Å²) in [6.45, 7) is 2.66. The number of carbonyl (C=O) groups excluding carboxylic acids is 1. The zero-order valence-electron chi connectivity index (χ0n) is 9.25. The SMILES string of the molecule is CCCCCNC(=O)c1cc(O)[nH]c(=O)c1. The molecule has 0 saturated heterocycles. The van der Waals surface area contributed by atoms with Crippen molar-refractivity contribution in [2.75, 3.05) is 6.54 Å². The number of aromatic amines is 1. The van der Waals surface area contributed by atoms with Gasteiger partial charge < -0.3 is 10.4 Å². The average molecular weight is 224 g/mol. The van der Waals surface area contributed by atoms with Gasteiger partial charge in [-0.1, -0.05) is 19.8 Å². The molecule has 1 rings (SSSR count). The molecule has 0 unspecified atom stereocenters. The summed E-state index contributed by atoms with van der Waals surface area (Å²) in [5.41, 5.74) is -0.309. The van der Waals surface area contributed by atoms with Gasteiger partial charge in [0.05, 0.1) is 5.56 Å². The van der Waals surface area contributed by atoms with E-state index in [0.717, 1.165) is 25.3 Å². The van der Waals surface area contributed by atoms with E-state index in [1.807, 2.05) is 0 Å². The predicted molar refractivity (Wildman–Crippen MR) is 60.6 cm³/mol. The van der Waals surface area contributed by atoms with Crippen LogP contribution in [0.25, 0.3) is 0 Å². The quantitative estimate of drug-likeness (QED) is 0.652. The molecule has 1 amide bonds. The molecule has 0 bridgehead atoms. The monoisotopic (exact) mass is 224 g/mol. The minimum Gasteiger partial charge on any atom is -0.494 e. The number of rotatable bonds is 5. The van der Waals surface area contributed by atoms with Gasteiger partial charge in [-0.15, -0.1) is 0 Å². The molecule has 0 saturated carbocycles. The number of hydrogen-bond acceptors (Lipinski definition) is 3. The van der Waals surface area contributed by atoms with Crippen LogP contribution < -0.4 is 10.9 Å². The summed E-state index contributed by atoms with van der Waals surface area (Å²) < 4.78 is 0. The van der Waals surface area contributed by atoms with E-state index in [2.05, 4.69) is 17.2 Å². The zero-order chi connectivity index (χ0) is 12.0. The number of unbranched alkanes of at least 4 members (excludes halogenated alkanes) is 2. The fourth-order valence-electron chi connectivity index (χ4n) is 1.34. The summed E-state index contributed by atoms with van der Waals surface area (Å²) in [6, 6.07) is 2.39. The third-order valence-electron chi connectivity index (χ3n) is 2.16. The first-order valence-corrected chi connectivity index (χ1v) is 5.35. The van der Waals surface area contributed by atoms with Crippen LogP contribution in [0.15, 0.2) is 16.9 Å². The molecule has 1 aromatic heterocycles. The lowest BCUT2D eigenvalue weighted by atomic mass is 10.2. The molecule has 0 aliphatic carbocycles. The van der Waals surface area contributed by atoms with Gasteiger partial charge >= 0.3 is 0 Å². The Morgan fingerprint density at radius 3 is 2.81 bits per heavy atom. The first-order chi connectivity index (χ1) is 7.63. The van der Waals surface area contributed by atoms with Crippen LogP contribution in [0.1, 0.15) is 36.5 Å². The van der Waals surface area contributed by atoms with E-state index in [1.165, 1.54) is 6.07 Å². The molecule has 88 valence electrons. The maximum atomic E-state index is 11.5. The van der Waals surface area contributed by atoms with E-state index in [0.29, 0.717) is 6.54 Å². The first kappa shape index (κ1) is 12.3. The molecule has 5 nitrogen and oxygen atoms in total. The highest BCUT2D eigenvalue weighted by atomic mass is 16.3. The lowest BCUT2D eigenvalue weighted by Gasteiger charge is -2.04. The Hall–Kier alpha value is -1.78. The lowest BCUT2D eigenvalue weighted by Crippen LogP contribution is -2.25. The predicted octanol–water partition coefficient (Wildman–Crippen LogP) is 1.00. The van der Waals surface area contributed by atoms with E-state index in [9.17, 15) is 9.59 Å². The highest BCUT2D eigenvalue weighted by molar-refractivity contribution is 5.94. The van der Waals surface area contributed by atoms with Crippen molar-refractivity contribution in [2.45, 2.75) is 26.2 Å². The molecule has 3 N–H and O–H groups in total. The molecule has 0 fully saturated rings. The molecule has 0 aliphatic rings. The molecular formula is C11H16N2O3. The number of aromatic nitrogens is 1. The van der Waals surface area contributed by atoms with Gasteiger partial charge in [0.1, 0.15) is 0 Å². The van der Waals surface area contributed by atoms with E-state index >= 15 is 0 Å². The van der Waals surface area contributed by atoms with Crippen LogP contribution in [0.5, 0.6) is 5.88 Å². The van der Waals surface area contributed by atoms with Crippen molar-refractivity contribution < 1.29 is 9.90 Å². The molecule has 16 heavy (non-hydrogen) atoms. The van der Waals surface area contributed by atoms with E-state index in [4.69, 9.17) is 5.11 Å². The van der Waals surface area contributed by atoms with E-state index in [-0.39, 0.29) is 17.4 Å². The van der Waals surface area contributed by atoms with E-state index in [1.54, 1.807) is 0 Å². The number of H-pyrrole nitrogens is 1. The summed E-state index contributed by atoms with van der Waals surface area (Å²) in [7, 11) is 0. The molecule has 1 heterocycles. The Labute approximate surface area is 93.5 Å². The Morgan fingerprint density at radius 2 is 2.19 bits per heavy atom. The van der Waals surface area contributed by atoms with Crippen molar-refractivity contribution in [1.82, 2.24) is 10.3 Å². The Balaban J connectivity index is 2.56. The number of aromatic hydroxyl groups is 1. The van der Waals surface area contributed by atoms with Crippen LogP contribution in [0.3, 0.4) is 0 Å². The van der Waals surface area contributed by atoms with Gasteiger partial charge in [-0.3, -0.25) is 14.6 Å². The topological polar surface area (TPSA) is 82.2 Å². The van der Waals surface area contributed by atoms with Crippen molar-refractivity contribution in [3.63, 3.8) is 0 Å². The van der Waals surface area contributed by atoms with Crippen LogP contribution in [0.4, 0.5) is 0 Å². The normalized spacial score (nSPS) is 10.1. The summed E-state index contributed by atoms with van der Waals surface area (Å²) in [5.74, 6) is -0.635. The first-order valence-electron chi connectivity index (χ1n) is 5.35. The van der Waals surface area contributed by atoms with Crippen molar-refractivity contribution >= 4 is 5.91 Å².